The number of carbonyl (C=O) groups is 5. The number of carboxylic acids is 1. The topological polar surface area (TPSA) is 151 Å². The van der Waals surface area contributed by atoms with Crippen molar-refractivity contribution < 1.29 is 48.0 Å². The maximum absolute atomic E-state index is 14.4. The molecule has 47 heavy (non-hydrogen) atoms. The lowest BCUT2D eigenvalue weighted by Crippen LogP contribution is -2.49. The van der Waals surface area contributed by atoms with Crippen LogP contribution < -0.4 is 14.4 Å². The van der Waals surface area contributed by atoms with Gasteiger partial charge in [-0.15, -0.1) is 0 Å². The number of anilines is 1. The van der Waals surface area contributed by atoms with Crippen LogP contribution in [0.15, 0.2) is 48.1 Å². The molecular weight excluding hydrogens is 635 g/mol. The maximum atomic E-state index is 14.4. The summed E-state index contributed by atoms with van der Waals surface area (Å²) < 4.78 is 24.7. The van der Waals surface area contributed by atoms with Crippen molar-refractivity contribution in [2.75, 3.05) is 25.7 Å². The molecule has 3 fully saturated rings. The Kier molecular flexibility index (Phi) is 8.11. The second-order valence-electron chi connectivity index (χ2n) is 12.4. The lowest BCUT2D eigenvalue weighted by atomic mass is 9.52. The van der Waals surface area contributed by atoms with Crippen molar-refractivity contribution in [3.8, 4) is 17.2 Å². The standard InChI is InChI=1S/C34H32ClFN2O9/c1-34-21(8-4-16-12-25(46-2)29(41)26(13-16)47-3)18-6-7-19-28(32(44)37(30(19)42)11-10-27(39)40)20(18)15-22(34)31(43)38(33(34)45)17-5-9-24(36)23(35)14-17/h4-6,8-9,12-14,19-22,28,41H,7,10-11,15H2,1-3H3,(H,39,40). The van der Waals surface area contributed by atoms with E-state index >= 15 is 0 Å². The van der Waals surface area contributed by atoms with Crippen LogP contribution in [-0.4, -0.2) is 65.5 Å². The van der Waals surface area contributed by atoms with E-state index in [4.69, 9.17) is 21.1 Å². The summed E-state index contributed by atoms with van der Waals surface area (Å²) in [6.45, 7) is 1.44. The van der Waals surface area contributed by atoms with Crippen molar-refractivity contribution in [1.82, 2.24) is 4.90 Å². The van der Waals surface area contributed by atoms with Gasteiger partial charge >= 0.3 is 5.97 Å². The van der Waals surface area contributed by atoms with Crippen molar-refractivity contribution >= 4 is 53.0 Å². The molecule has 11 nitrogen and oxygen atoms in total. The monoisotopic (exact) mass is 666 g/mol. The maximum Gasteiger partial charge on any atom is 0.305 e. The molecule has 6 atom stereocenters. The molecule has 13 heteroatoms. The number of carbonyl (C=O) groups excluding carboxylic acids is 4. The number of halogens is 2. The zero-order chi connectivity index (χ0) is 33.9. The normalized spacial score (nSPS) is 28.4. The number of imide groups is 2. The minimum atomic E-state index is -1.34. The van der Waals surface area contributed by atoms with Gasteiger partial charge in [0.25, 0.3) is 0 Å². The lowest BCUT2D eigenvalue weighted by molar-refractivity contribution is -0.142. The molecule has 246 valence electrons. The highest BCUT2D eigenvalue weighted by molar-refractivity contribution is 6.31. The first-order valence-corrected chi connectivity index (χ1v) is 15.4. The van der Waals surface area contributed by atoms with Gasteiger partial charge in [0.2, 0.25) is 29.4 Å². The van der Waals surface area contributed by atoms with Crippen LogP contribution in [0.3, 0.4) is 0 Å². The third-order valence-electron chi connectivity index (χ3n) is 10.1. The highest BCUT2D eigenvalue weighted by Crippen LogP contribution is 2.61. The van der Waals surface area contributed by atoms with Crippen LogP contribution in [0.4, 0.5) is 10.1 Å². The molecule has 2 aromatic rings. The van der Waals surface area contributed by atoms with Crippen molar-refractivity contribution in [2.45, 2.75) is 26.2 Å². The number of hydrogen-bond donors (Lipinski definition) is 2. The van der Waals surface area contributed by atoms with Crippen LogP contribution in [0.1, 0.15) is 31.7 Å². The van der Waals surface area contributed by atoms with Gasteiger partial charge < -0.3 is 19.7 Å². The predicted octanol–water partition coefficient (Wildman–Crippen LogP) is 4.45. The molecule has 0 spiro atoms. The first kappa shape index (κ1) is 32.2. The fourth-order valence-electron chi connectivity index (χ4n) is 7.80. The Bertz CT molecular complexity index is 1770. The van der Waals surface area contributed by atoms with Gasteiger partial charge in [-0.3, -0.25) is 28.9 Å². The Morgan fingerprint density at radius 2 is 1.74 bits per heavy atom. The third kappa shape index (κ3) is 4.97. The number of allylic oxidation sites excluding steroid dienone is 3. The van der Waals surface area contributed by atoms with E-state index < -0.39 is 76.8 Å². The third-order valence-corrected chi connectivity index (χ3v) is 10.4. The SMILES string of the molecule is COc1cc(C=CC2C3=CCC4C(=O)N(CCC(=O)O)C(=O)C4C3CC3C(=O)N(c4ccc(F)c(Cl)c4)C(=O)C23C)cc(OC)c1O. The number of methoxy groups -OCH3 is 2. The molecule has 0 bridgehead atoms. The van der Waals surface area contributed by atoms with Gasteiger partial charge in [-0.25, -0.2) is 9.29 Å². The number of benzene rings is 2. The molecule has 2 saturated heterocycles. The number of fused-ring (bicyclic) bond motifs is 4. The molecule has 4 amide bonds. The molecule has 2 aromatic carbocycles. The molecule has 1 saturated carbocycles. The van der Waals surface area contributed by atoms with E-state index in [9.17, 15) is 38.6 Å². The predicted molar refractivity (Wildman–Crippen MR) is 166 cm³/mol. The summed E-state index contributed by atoms with van der Waals surface area (Å²) in [6, 6.07) is 6.75. The number of rotatable bonds is 8. The first-order valence-electron chi connectivity index (χ1n) is 15.1. The smallest absolute Gasteiger partial charge is 0.305 e. The average Bonchev–Trinajstić information content (AvgIpc) is 3.40. The van der Waals surface area contributed by atoms with E-state index in [-0.39, 0.29) is 47.3 Å². The molecule has 6 unspecified atom stereocenters. The zero-order valence-electron chi connectivity index (χ0n) is 25.7. The summed E-state index contributed by atoms with van der Waals surface area (Å²) in [5.41, 5.74) is 0.0439. The summed E-state index contributed by atoms with van der Waals surface area (Å²) in [7, 11) is 2.78. The second kappa shape index (κ2) is 11.8. The summed E-state index contributed by atoms with van der Waals surface area (Å²) in [5.74, 6) is -7.54. The average molecular weight is 667 g/mol. The van der Waals surface area contributed by atoms with Gasteiger partial charge in [-0.2, -0.15) is 0 Å². The molecule has 4 aliphatic rings. The van der Waals surface area contributed by atoms with E-state index in [1.807, 2.05) is 6.08 Å². The number of hydrogen-bond acceptors (Lipinski definition) is 8. The van der Waals surface area contributed by atoms with Crippen molar-refractivity contribution in [3.63, 3.8) is 0 Å². The fraction of sp³-hybridized carbons (Fsp3) is 0.382. The minimum Gasteiger partial charge on any atom is -0.502 e. The first-order chi connectivity index (χ1) is 22.3. The van der Waals surface area contributed by atoms with Gasteiger partial charge in [0, 0.05) is 12.5 Å². The zero-order valence-corrected chi connectivity index (χ0v) is 26.5. The number of amides is 4. The molecule has 0 radical (unpaired) electrons. The Balaban J connectivity index is 1.46. The number of carboxylic acid groups (broad SMARTS) is 1. The Morgan fingerprint density at radius 1 is 1.06 bits per heavy atom. The highest BCUT2D eigenvalue weighted by atomic mass is 35.5. The molecular formula is C34H32ClFN2O9. The van der Waals surface area contributed by atoms with Crippen LogP contribution in [0.5, 0.6) is 17.2 Å². The molecule has 2 aliphatic heterocycles. The van der Waals surface area contributed by atoms with E-state index in [1.165, 1.54) is 26.4 Å². The summed E-state index contributed by atoms with van der Waals surface area (Å²) in [4.78, 5) is 68.9. The lowest BCUT2D eigenvalue weighted by Gasteiger charge is -2.47. The molecule has 0 aromatic heterocycles. The highest BCUT2D eigenvalue weighted by Gasteiger charge is 2.66. The van der Waals surface area contributed by atoms with E-state index in [1.54, 1.807) is 31.2 Å². The summed E-state index contributed by atoms with van der Waals surface area (Å²) in [5, 5.41) is 19.3. The quantitative estimate of drug-likeness (QED) is 0.308. The van der Waals surface area contributed by atoms with Gasteiger partial charge in [-0.1, -0.05) is 35.4 Å². The molecule has 2 aliphatic carbocycles. The van der Waals surface area contributed by atoms with Gasteiger partial charge in [0.1, 0.15) is 5.82 Å². The molecule has 2 N–H and O–H groups in total. The number of aliphatic carboxylic acids is 1. The van der Waals surface area contributed by atoms with Crippen molar-refractivity contribution in [3.05, 3.63) is 64.5 Å². The summed E-state index contributed by atoms with van der Waals surface area (Å²) in [6.07, 6.45) is 5.25. The van der Waals surface area contributed by atoms with Gasteiger partial charge in [0.05, 0.1) is 54.5 Å². The number of ether oxygens (including phenoxy) is 2. The van der Waals surface area contributed by atoms with Crippen molar-refractivity contribution in [1.29, 1.82) is 0 Å². The number of aromatic hydroxyl groups is 1. The van der Waals surface area contributed by atoms with E-state index in [0.717, 1.165) is 21.4 Å². The number of likely N-dealkylation sites (tertiary alicyclic amines) is 1. The van der Waals surface area contributed by atoms with Crippen LogP contribution in [0.2, 0.25) is 5.02 Å². The number of nitrogens with zero attached hydrogens (tertiary/aromatic N) is 2. The fourth-order valence-corrected chi connectivity index (χ4v) is 7.97. The Morgan fingerprint density at radius 3 is 2.36 bits per heavy atom. The largest absolute Gasteiger partial charge is 0.502 e. The van der Waals surface area contributed by atoms with Crippen LogP contribution >= 0.6 is 11.6 Å². The Hall–Kier alpha value is -4.71. The molecule has 2 heterocycles. The number of phenolic OH excluding ortho intramolecular Hbond substituents is 1. The Labute approximate surface area is 274 Å². The van der Waals surface area contributed by atoms with Gasteiger partial charge in [-0.05, 0) is 61.6 Å². The summed E-state index contributed by atoms with van der Waals surface area (Å²) >= 11 is 6.04. The minimum absolute atomic E-state index is 0.0937. The van der Waals surface area contributed by atoms with Gasteiger partial charge in [0.15, 0.2) is 11.5 Å². The number of phenols is 1. The van der Waals surface area contributed by atoms with Crippen LogP contribution in [0.25, 0.3) is 6.08 Å². The van der Waals surface area contributed by atoms with Crippen molar-refractivity contribution in [2.24, 2.45) is 35.0 Å². The van der Waals surface area contributed by atoms with Crippen LogP contribution in [-0.2, 0) is 24.0 Å². The van der Waals surface area contributed by atoms with E-state index in [0.29, 0.717) is 5.56 Å². The molecule has 6 rings (SSSR count). The van der Waals surface area contributed by atoms with Crippen LogP contribution in [0, 0.1) is 40.8 Å². The second-order valence-corrected chi connectivity index (χ2v) is 12.8. The van der Waals surface area contributed by atoms with E-state index in [2.05, 4.69) is 0 Å².